The molecule has 14 heavy (non-hydrogen) atoms. The number of ether oxygens (including phenoxy) is 1. The van der Waals surface area contributed by atoms with Crippen molar-refractivity contribution in [2.24, 2.45) is 0 Å². The fourth-order valence-electron chi connectivity index (χ4n) is 1.44. The highest BCUT2D eigenvalue weighted by Crippen LogP contribution is 2.38. The van der Waals surface area contributed by atoms with Gasteiger partial charge in [-0.1, -0.05) is 12.1 Å². The number of carbonyl (C=O) groups is 1. The summed E-state index contributed by atoms with van der Waals surface area (Å²) in [7, 11) is 0. The predicted molar refractivity (Wildman–Crippen MR) is 54.0 cm³/mol. The predicted octanol–water partition coefficient (Wildman–Crippen LogP) is 1.80. The van der Waals surface area contributed by atoms with Crippen molar-refractivity contribution in [2.45, 2.75) is 11.3 Å². The molecule has 0 atom stereocenters. The highest BCUT2D eigenvalue weighted by Gasteiger charge is 2.16. The SMILES string of the molecule is O=C(O)COc1cccc2c1SCC2. The Morgan fingerprint density at radius 1 is 1.57 bits per heavy atom. The van der Waals surface area contributed by atoms with E-state index in [1.54, 1.807) is 11.8 Å². The van der Waals surface area contributed by atoms with Gasteiger partial charge >= 0.3 is 5.97 Å². The molecule has 1 aliphatic rings. The molecule has 0 aromatic heterocycles. The molecule has 0 amide bonds. The average molecular weight is 210 g/mol. The molecule has 3 nitrogen and oxygen atoms in total. The first kappa shape index (κ1) is 9.40. The number of aryl methyl sites for hydroxylation is 1. The van der Waals surface area contributed by atoms with Crippen LogP contribution in [0.1, 0.15) is 5.56 Å². The average Bonchev–Trinajstić information content (AvgIpc) is 2.62. The van der Waals surface area contributed by atoms with Gasteiger partial charge in [-0.2, -0.15) is 0 Å². The normalized spacial score (nSPS) is 13.7. The van der Waals surface area contributed by atoms with Crippen molar-refractivity contribution in [1.82, 2.24) is 0 Å². The molecule has 0 aliphatic carbocycles. The monoisotopic (exact) mass is 210 g/mol. The zero-order chi connectivity index (χ0) is 9.97. The molecule has 0 spiro atoms. The Morgan fingerprint density at radius 2 is 2.43 bits per heavy atom. The maximum atomic E-state index is 10.3. The van der Waals surface area contributed by atoms with Crippen molar-refractivity contribution in [1.29, 1.82) is 0 Å². The molecule has 0 radical (unpaired) electrons. The minimum Gasteiger partial charge on any atom is -0.481 e. The van der Waals surface area contributed by atoms with E-state index >= 15 is 0 Å². The lowest BCUT2D eigenvalue weighted by atomic mass is 10.2. The molecule has 1 N–H and O–H groups in total. The van der Waals surface area contributed by atoms with Crippen molar-refractivity contribution in [3.8, 4) is 5.75 Å². The Bertz CT molecular complexity index is 362. The molecule has 2 rings (SSSR count). The summed E-state index contributed by atoms with van der Waals surface area (Å²) >= 11 is 1.73. The Morgan fingerprint density at radius 3 is 3.21 bits per heavy atom. The zero-order valence-electron chi connectivity index (χ0n) is 7.53. The number of hydrogen-bond acceptors (Lipinski definition) is 3. The van der Waals surface area contributed by atoms with Gasteiger partial charge in [0.05, 0.1) is 4.90 Å². The summed E-state index contributed by atoms with van der Waals surface area (Å²) in [5.41, 5.74) is 1.26. The minimum atomic E-state index is -0.939. The number of carboxylic acid groups (broad SMARTS) is 1. The third-order valence-electron chi connectivity index (χ3n) is 2.03. The Kier molecular flexibility index (Phi) is 2.63. The zero-order valence-corrected chi connectivity index (χ0v) is 8.34. The van der Waals surface area contributed by atoms with Crippen LogP contribution in [0.25, 0.3) is 0 Å². The van der Waals surface area contributed by atoms with E-state index in [9.17, 15) is 4.79 Å². The van der Waals surface area contributed by atoms with Crippen molar-refractivity contribution in [3.63, 3.8) is 0 Å². The quantitative estimate of drug-likeness (QED) is 0.826. The Labute approximate surface area is 86.1 Å². The summed E-state index contributed by atoms with van der Waals surface area (Å²) in [6.07, 6.45) is 1.05. The van der Waals surface area contributed by atoms with E-state index in [1.807, 2.05) is 12.1 Å². The van der Waals surface area contributed by atoms with Crippen molar-refractivity contribution >= 4 is 17.7 Å². The number of rotatable bonds is 3. The molecule has 74 valence electrons. The van der Waals surface area contributed by atoms with Crippen LogP contribution in [0.3, 0.4) is 0 Å². The van der Waals surface area contributed by atoms with E-state index in [0.29, 0.717) is 5.75 Å². The van der Waals surface area contributed by atoms with Gasteiger partial charge in [0.1, 0.15) is 5.75 Å². The van der Waals surface area contributed by atoms with Crippen LogP contribution in [0.5, 0.6) is 5.75 Å². The van der Waals surface area contributed by atoms with Gasteiger partial charge in [0, 0.05) is 5.75 Å². The van der Waals surface area contributed by atoms with Gasteiger partial charge in [-0.05, 0) is 18.1 Å². The first-order chi connectivity index (χ1) is 6.77. The summed E-state index contributed by atoms with van der Waals surface area (Å²) in [5.74, 6) is 0.820. The van der Waals surface area contributed by atoms with Gasteiger partial charge in [0.15, 0.2) is 6.61 Å². The molecule has 0 saturated heterocycles. The summed E-state index contributed by atoms with van der Waals surface area (Å²) in [4.78, 5) is 11.4. The molecular weight excluding hydrogens is 200 g/mol. The first-order valence-corrected chi connectivity index (χ1v) is 5.35. The van der Waals surface area contributed by atoms with Crippen LogP contribution in [-0.2, 0) is 11.2 Å². The van der Waals surface area contributed by atoms with Gasteiger partial charge in [-0.3, -0.25) is 0 Å². The Hall–Kier alpha value is -1.16. The van der Waals surface area contributed by atoms with Gasteiger partial charge < -0.3 is 9.84 Å². The third kappa shape index (κ3) is 1.85. The van der Waals surface area contributed by atoms with E-state index in [0.717, 1.165) is 17.1 Å². The molecule has 1 heterocycles. The lowest BCUT2D eigenvalue weighted by Crippen LogP contribution is -2.09. The summed E-state index contributed by atoms with van der Waals surface area (Å²) in [6.45, 7) is -0.267. The number of fused-ring (bicyclic) bond motifs is 1. The molecule has 0 saturated carbocycles. The number of aliphatic carboxylic acids is 1. The molecular formula is C10H10O3S. The molecule has 1 aromatic rings. The summed E-state index contributed by atoms with van der Waals surface area (Å²) < 4.78 is 5.19. The summed E-state index contributed by atoms with van der Waals surface area (Å²) in [5, 5.41) is 8.49. The molecule has 1 aromatic carbocycles. The number of hydrogen-bond donors (Lipinski definition) is 1. The highest BCUT2D eigenvalue weighted by molar-refractivity contribution is 7.99. The second-order valence-electron chi connectivity index (χ2n) is 3.03. The van der Waals surface area contributed by atoms with Gasteiger partial charge in [0.2, 0.25) is 0 Å². The van der Waals surface area contributed by atoms with Crippen LogP contribution in [0.2, 0.25) is 0 Å². The van der Waals surface area contributed by atoms with Gasteiger partial charge in [-0.25, -0.2) is 4.79 Å². The Balaban J connectivity index is 2.17. The molecule has 0 fully saturated rings. The van der Waals surface area contributed by atoms with Crippen molar-refractivity contribution in [2.75, 3.05) is 12.4 Å². The van der Waals surface area contributed by atoms with Crippen LogP contribution in [0.4, 0.5) is 0 Å². The lowest BCUT2D eigenvalue weighted by molar-refractivity contribution is -0.139. The van der Waals surface area contributed by atoms with Crippen LogP contribution >= 0.6 is 11.8 Å². The van der Waals surface area contributed by atoms with E-state index in [1.165, 1.54) is 5.56 Å². The fraction of sp³-hybridized carbons (Fsp3) is 0.300. The maximum absolute atomic E-state index is 10.3. The molecule has 1 aliphatic heterocycles. The minimum absolute atomic E-state index is 0.267. The highest BCUT2D eigenvalue weighted by atomic mass is 32.2. The smallest absolute Gasteiger partial charge is 0.341 e. The first-order valence-electron chi connectivity index (χ1n) is 4.36. The second kappa shape index (κ2) is 3.92. The summed E-state index contributed by atoms with van der Waals surface area (Å²) in [6, 6.07) is 5.78. The van der Waals surface area contributed by atoms with Crippen LogP contribution < -0.4 is 4.74 Å². The van der Waals surface area contributed by atoms with Crippen LogP contribution in [0.15, 0.2) is 23.1 Å². The van der Waals surface area contributed by atoms with E-state index in [2.05, 4.69) is 6.07 Å². The number of benzene rings is 1. The van der Waals surface area contributed by atoms with E-state index in [-0.39, 0.29) is 6.61 Å². The maximum Gasteiger partial charge on any atom is 0.341 e. The number of thioether (sulfide) groups is 1. The second-order valence-corrected chi connectivity index (χ2v) is 4.13. The molecule has 0 unspecified atom stereocenters. The fourth-order valence-corrected chi connectivity index (χ4v) is 2.59. The van der Waals surface area contributed by atoms with Crippen molar-refractivity contribution in [3.05, 3.63) is 23.8 Å². The molecule has 0 bridgehead atoms. The third-order valence-corrected chi connectivity index (χ3v) is 3.19. The van der Waals surface area contributed by atoms with Crippen LogP contribution in [0, 0.1) is 0 Å². The van der Waals surface area contributed by atoms with Gasteiger partial charge in [-0.15, -0.1) is 11.8 Å². The molecule has 4 heteroatoms. The largest absolute Gasteiger partial charge is 0.481 e. The van der Waals surface area contributed by atoms with Crippen molar-refractivity contribution < 1.29 is 14.6 Å². The van der Waals surface area contributed by atoms with E-state index < -0.39 is 5.97 Å². The van der Waals surface area contributed by atoms with Crippen LogP contribution in [-0.4, -0.2) is 23.4 Å². The van der Waals surface area contributed by atoms with E-state index in [4.69, 9.17) is 9.84 Å². The lowest BCUT2D eigenvalue weighted by Gasteiger charge is -2.07. The standard InChI is InChI=1S/C10H10O3S/c11-9(12)6-13-8-3-1-2-7-4-5-14-10(7)8/h1-3H,4-6H2,(H,11,12). The topological polar surface area (TPSA) is 46.5 Å². The number of carboxylic acids is 1. The van der Waals surface area contributed by atoms with Gasteiger partial charge in [0.25, 0.3) is 0 Å².